The van der Waals surface area contributed by atoms with Gasteiger partial charge in [0.05, 0.1) is 0 Å². The molecule has 1 fully saturated rings. The molecular formula is C37H42. The van der Waals surface area contributed by atoms with Crippen LogP contribution in [0.5, 0.6) is 0 Å². The van der Waals surface area contributed by atoms with Gasteiger partial charge in [0.2, 0.25) is 0 Å². The van der Waals surface area contributed by atoms with Crippen LogP contribution in [-0.4, -0.2) is 0 Å². The van der Waals surface area contributed by atoms with Crippen LogP contribution in [-0.2, 0) is 0 Å². The van der Waals surface area contributed by atoms with E-state index >= 15 is 0 Å². The maximum absolute atomic E-state index is 4.75. The highest BCUT2D eigenvalue weighted by Crippen LogP contribution is 2.57. The zero-order chi connectivity index (χ0) is 26.3. The van der Waals surface area contributed by atoms with Gasteiger partial charge in [-0.05, 0) is 73.3 Å². The van der Waals surface area contributed by atoms with Crippen LogP contribution in [0.2, 0.25) is 0 Å². The molecule has 0 bridgehead atoms. The van der Waals surface area contributed by atoms with Crippen LogP contribution in [0.25, 0.3) is 0 Å². The van der Waals surface area contributed by atoms with Crippen molar-refractivity contribution >= 4 is 0 Å². The molecule has 0 amide bonds. The first-order valence-corrected chi connectivity index (χ1v) is 14.1. The largest absolute Gasteiger partial charge is 0.0995 e. The fourth-order valence-electron chi connectivity index (χ4n) is 7.35. The molecule has 0 spiro atoms. The molecule has 190 valence electrons. The summed E-state index contributed by atoms with van der Waals surface area (Å²) in [5.74, 6) is 2.09. The number of benzene rings is 2. The minimum Gasteiger partial charge on any atom is -0.0995 e. The molecule has 2 aromatic rings. The van der Waals surface area contributed by atoms with Gasteiger partial charge >= 0.3 is 0 Å². The molecule has 0 heteroatoms. The molecule has 5 unspecified atom stereocenters. The van der Waals surface area contributed by atoms with E-state index < -0.39 is 0 Å². The summed E-state index contributed by atoms with van der Waals surface area (Å²) in [6.07, 6.45) is 10.7. The third kappa shape index (κ3) is 4.68. The Morgan fingerprint density at radius 1 is 0.973 bits per heavy atom. The van der Waals surface area contributed by atoms with Crippen molar-refractivity contribution in [3.05, 3.63) is 142 Å². The summed E-state index contributed by atoms with van der Waals surface area (Å²) in [4.78, 5) is 0. The van der Waals surface area contributed by atoms with E-state index in [2.05, 4.69) is 114 Å². The molecule has 3 aliphatic rings. The van der Waals surface area contributed by atoms with Crippen LogP contribution in [0.3, 0.4) is 0 Å². The van der Waals surface area contributed by atoms with Crippen molar-refractivity contribution in [1.29, 1.82) is 0 Å². The first kappa shape index (κ1) is 25.5. The molecule has 0 aliphatic heterocycles. The molecule has 0 heterocycles. The van der Waals surface area contributed by atoms with E-state index in [0.717, 1.165) is 19.3 Å². The predicted octanol–water partition coefficient (Wildman–Crippen LogP) is 10.2. The molecule has 5 atom stereocenters. The minimum atomic E-state index is 0.365. The average molecular weight is 487 g/mol. The van der Waals surface area contributed by atoms with E-state index in [1.54, 1.807) is 5.57 Å². The number of rotatable bonds is 6. The van der Waals surface area contributed by atoms with E-state index in [-0.39, 0.29) is 0 Å². The summed E-state index contributed by atoms with van der Waals surface area (Å²) in [6.45, 7) is 20.8. The number of allylic oxidation sites excluding steroid dienone is 10. The second-order valence-electron chi connectivity index (χ2n) is 11.7. The molecule has 5 rings (SSSR count). The van der Waals surface area contributed by atoms with E-state index in [4.69, 9.17) is 6.58 Å². The van der Waals surface area contributed by atoms with Crippen molar-refractivity contribution in [2.45, 2.75) is 65.7 Å². The van der Waals surface area contributed by atoms with Gasteiger partial charge in [0, 0.05) is 17.8 Å². The van der Waals surface area contributed by atoms with Crippen molar-refractivity contribution in [2.75, 3.05) is 0 Å². The first-order chi connectivity index (χ1) is 17.8. The number of hydrogen-bond acceptors (Lipinski definition) is 0. The second-order valence-corrected chi connectivity index (χ2v) is 11.7. The summed E-state index contributed by atoms with van der Waals surface area (Å²) >= 11 is 0. The lowest BCUT2D eigenvalue weighted by molar-refractivity contribution is 0.322. The number of aryl methyl sites for hydroxylation is 1. The Hall–Kier alpha value is -3.12. The van der Waals surface area contributed by atoms with E-state index in [1.807, 2.05) is 0 Å². The molecule has 0 nitrogen and oxygen atoms in total. The highest BCUT2D eigenvalue weighted by atomic mass is 14.5. The standard InChI is InChI=1S/C37H42/c1-8-12-24(3)34-25(4)20-33-22-32(28(7)36(33)37(34)29-13-10-9-11-14-29)21-31-19-26(5)35(27(31)6)30-17-15-23(2)16-18-30/h9-11,13-21,25,34-37H,3,7-8,12,22H2,1-2,4-6H3/b32-21-. The van der Waals surface area contributed by atoms with Crippen LogP contribution in [0.4, 0.5) is 0 Å². The lowest BCUT2D eigenvalue weighted by atomic mass is 9.62. The van der Waals surface area contributed by atoms with Gasteiger partial charge in [0.15, 0.2) is 0 Å². The molecule has 0 saturated heterocycles. The lowest BCUT2D eigenvalue weighted by Gasteiger charge is -2.41. The van der Waals surface area contributed by atoms with Gasteiger partial charge in [0.1, 0.15) is 0 Å². The number of hydrogen-bond donors (Lipinski definition) is 0. The Bertz CT molecular complexity index is 1320. The summed E-state index contributed by atoms with van der Waals surface area (Å²) in [5, 5.41) is 0. The smallest absolute Gasteiger partial charge is 0.0264 e. The van der Waals surface area contributed by atoms with Crippen LogP contribution < -0.4 is 0 Å². The van der Waals surface area contributed by atoms with Crippen molar-refractivity contribution in [3.63, 3.8) is 0 Å². The lowest BCUT2D eigenvalue weighted by Crippen LogP contribution is -2.31. The molecule has 0 radical (unpaired) electrons. The molecule has 3 aliphatic carbocycles. The summed E-state index contributed by atoms with van der Waals surface area (Å²) in [7, 11) is 0. The van der Waals surface area contributed by atoms with Crippen molar-refractivity contribution < 1.29 is 0 Å². The van der Waals surface area contributed by atoms with Gasteiger partial charge in [-0.3, -0.25) is 0 Å². The van der Waals surface area contributed by atoms with E-state index in [9.17, 15) is 0 Å². The maximum atomic E-state index is 4.75. The van der Waals surface area contributed by atoms with Gasteiger partial charge in [-0.25, -0.2) is 0 Å². The second kappa shape index (κ2) is 10.3. The Morgan fingerprint density at radius 2 is 1.68 bits per heavy atom. The third-order valence-corrected chi connectivity index (χ3v) is 9.07. The Balaban J connectivity index is 1.52. The summed E-state index contributed by atoms with van der Waals surface area (Å²) < 4.78 is 0. The normalized spacial score (nSPS) is 28.4. The highest BCUT2D eigenvalue weighted by molar-refractivity contribution is 5.59. The summed E-state index contributed by atoms with van der Waals surface area (Å²) in [5.41, 5.74) is 14.1. The average Bonchev–Trinajstić information content (AvgIpc) is 3.33. The van der Waals surface area contributed by atoms with E-state index in [0.29, 0.717) is 29.6 Å². The molecule has 37 heavy (non-hydrogen) atoms. The molecule has 1 saturated carbocycles. The predicted molar refractivity (Wildman–Crippen MR) is 160 cm³/mol. The molecule has 0 N–H and O–H groups in total. The first-order valence-electron chi connectivity index (χ1n) is 14.1. The van der Waals surface area contributed by atoms with Gasteiger partial charge in [-0.1, -0.05) is 134 Å². The minimum absolute atomic E-state index is 0.365. The van der Waals surface area contributed by atoms with Gasteiger partial charge in [-0.15, -0.1) is 0 Å². The fourth-order valence-corrected chi connectivity index (χ4v) is 7.35. The topological polar surface area (TPSA) is 0 Å². The Morgan fingerprint density at radius 3 is 2.35 bits per heavy atom. The van der Waals surface area contributed by atoms with Crippen LogP contribution in [0, 0.1) is 24.7 Å². The van der Waals surface area contributed by atoms with Crippen molar-refractivity contribution in [2.24, 2.45) is 17.8 Å². The highest BCUT2D eigenvalue weighted by Gasteiger charge is 2.45. The molecular weight excluding hydrogens is 444 g/mol. The Labute approximate surface area is 224 Å². The summed E-state index contributed by atoms with van der Waals surface area (Å²) in [6, 6.07) is 20.2. The van der Waals surface area contributed by atoms with Crippen LogP contribution in [0.15, 0.2) is 125 Å². The Kier molecular flexibility index (Phi) is 7.13. The SMILES string of the molecule is C=C1/C(=C\C2=C(C)C(c3ccc(C)cc3)C(C)=C2)CC2=CC(C)C(C(=C)CCC)C(c3ccccc3)C12. The van der Waals surface area contributed by atoms with Crippen molar-refractivity contribution in [3.8, 4) is 0 Å². The molecule has 2 aromatic carbocycles. The number of fused-ring (bicyclic) bond motifs is 1. The monoisotopic (exact) mass is 486 g/mol. The van der Waals surface area contributed by atoms with Gasteiger partial charge < -0.3 is 0 Å². The quantitative estimate of drug-likeness (QED) is 0.356. The zero-order valence-corrected chi connectivity index (χ0v) is 23.4. The van der Waals surface area contributed by atoms with Crippen LogP contribution >= 0.6 is 0 Å². The fraction of sp³-hybridized carbons (Fsp3) is 0.351. The third-order valence-electron chi connectivity index (χ3n) is 9.07. The van der Waals surface area contributed by atoms with Gasteiger partial charge in [-0.2, -0.15) is 0 Å². The maximum Gasteiger partial charge on any atom is 0.0264 e. The van der Waals surface area contributed by atoms with Gasteiger partial charge in [0.25, 0.3) is 0 Å². The van der Waals surface area contributed by atoms with Crippen LogP contribution in [0.1, 0.15) is 75.5 Å². The van der Waals surface area contributed by atoms with Crippen molar-refractivity contribution in [1.82, 2.24) is 0 Å². The molecule has 0 aromatic heterocycles. The zero-order valence-electron chi connectivity index (χ0n) is 23.4. The van der Waals surface area contributed by atoms with E-state index in [1.165, 1.54) is 50.1 Å².